The first kappa shape index (κ1) is 46.0. The van der Waals surface area contributed by atoms with E-state index in [2.05, 4.69) is 30.9 Å². The maximum atomic E-state index is 14.1. The number of esters is 1. The zero-order chi connectivity index (χ0) is 44.4. The number of aromatic nitrogens is 3. The fourth-order valence-electron chi connectivity index (χ4n) is 6.75. The van der Waals surface area contributed by atoms with Gasteiger partial charge < -0.3 is 49.9 Å². The molecular weight excluding hydrogens is 781 g/mol. The quantitative estimate of drug-likeness (QED) is 0.0495. The van der Waals surface area contributed by atoms with Gasteiger partial charge in [-0.1, -0.05) is 48.5 Å². The number of ether oxygens (including phenoxy) is 3. The number of amides is 5. The monoisotopic (exact) mass is 842 g/mol. The van der Waals surface area contributed by atoms with E-state index in [0.29, 0.717) is 63.5 Å². The summed E-state index contributed by atoms with van der Waals surface area (Å²) in [4.78, 5) is 80.8. The van der Waals surface area contributed by atoms with Crippen LogP contribution in [-0.4, -0.2) is 105 Å². The van der Waals surface area contributed by atoms with Crippen LogP contribution in [0.25, 0.3) is 10.9 Å². The van der Waals surface area contributed by atoms with Crippen LogP contribution < -0.4 is 16.0 Å². The van der Waals surface area contributed by atoms with E-state index >= 15 is 0 Å². The standard InChI is InChI=1S/C45H62N8O8/c1-43(2,3)60-38(54)34(20-14-15-21-46-41(57)59-29-30-16-10-9-11-17-30)49-39(55)45(7,8)36-28-48-37(51-36)35(26-31-27-47-33-19-13-12-18-32(31)33)50-40(56)52-22-24-53(25-23-52)42(58)61-44(4,5)6/h9-13,16-19,27-28,34-35,47H,14-15,20-26,29H2,1-8H3,(H,46,57)(H,48,51)(H,49,55)(H,50,56). The molecule has 2 unspecified atom stereocenters. The van der Waals surface area contributed by atoms with Crippen molar-refractivity contribution in [1.29, 1.82) is 0 Å². The van der Waals surface area contributed by atoms with Crippen LogP contribution in [0, 0.1) is 0 Å². The summed E-state index contributed by atoms with van der Waals surface area (Å²) in [5, 5.41) is 9.81. The van der Waals surface area contributed by atoms with Crippen molar-refractivity contribution in [2.24, 2.45) is 0 Å². The Morgan fingerprint density at radius 3 is 2.15 bits per heavy atom. The predicted molar refractivity (Wildman–Crippen MR) is 231 cm³/mol. The number of nitrogens with zero attached hydrogens (tertiary/aromatic N) is 3. The molecule has 0 saturated carbocycles. The molecule has 330 valence electrons. The van der Waals surface area contributed by atoms with Gasteiger partial charge in [-0.05, 0) is 91.8 Å². The molecule has 16 nitrogen and oxygen atoms in total. The maximum Gasteiger partial charge on any atom is 0.410 e. The number of urea groups is 1. The minimum Gasteiger partial charge on any atom is -0.458 e. The molecule has 0 spiro atoms. The maximum absolute atomic E-state index is 14.1. The zero-order valence-electron chi connectivity index (χ0n) is 36.7. The van der Waals surface area contributed by atoms with Crippen molar-refractivity contribution >= 4 is 41.0 Å². The molecule has 1 saturated heterocycles. The number of piperazine rings is 1. The summed E-state index contributed by atoms with van der Waals surface area (Å²) < 4.78 is 16.5. The molecule has 3 heterocycles. The van der Waals surface area contributed by atoms with Crippen molar-refractivity contribution in [2.45, 2.75) is 116 Å². The van der Waals surface area contributed by atoms with E-state index in [-0.39, 0.29) is 19.1 Å². The van der Waals surface area contributed by atoms with Gasteiger partial charge in [-0.3, -0.25) is 4.79 Å². The fourth-order valence-corrected chi connectivity index (χ4v) is 6.75. The third kappa shape index (κ3) is 13.5. The summed E-state index contributed by atoms with van der Waals surface area (Å²) in [5.41, 5.74) is 0.672. The Balaban J connectivity index is 1.25. The second-order valence-corrected chi connectivity index (χ2v) is 17.9. The van der Waals surface area contributed by atoms with Gasteiger partial charge in [0.05, 0.1) is 11.5 Å². The molecule has 2 aromatic heterocycles. The lowest BCUT2D eigenvalue weighted by Crippen LogP contribution is -2.54. The van der Waals surface area contributed by atoms with Gasteiger partial charge in [0, 0.05) is 68.1 Å². The van der Waals surface area contributed by atoms with Crippen LogP contribution in [0.15, 0.2) is 67.0 Å². The van der Waals surface area contributed by atoms with Crippen LogP contribution in [0.5, 0.6) is 0 Å². The number of para-hydroxylation sites is 1. The number of hydrogen-bond acceptors (Lipinski definition) is 9. The number of carbonyl (C=O) groups is 5. The second kappa shape index (κ2) is 20.0. The minimum atomic E-state index is -1.19. The number of alkyl carbamates (subject to hydrolysis) is 1. The highest BCUT2D eigenvalue weighted by Crippen LogP contribution is 2.28. The number of hydrogen-bond donors (Lipinski definition) is 5. The Hall–Kier alpha value is -6.06. The summed E-state index contributed by atoms with van der Waals surface area (Å²) in [7, 11) is 0. The number of benzene rings is 2. The van der Waals surface area contributed by atoms with Crippen LogP contribution in [0.4, 0.5) is 14.4 Å². The van der Waals surface area contributed by atoms with Gasteiger partial charge in [-0.2, -0.15) is 0 Å². The molecule has 61 heavy (non-hydrogen) atoms. The van der Waals surface area contributed by atoms with Crippen LogP contribution in [0.3, 0.4) is 0 Å². The number of H-pyrrole nitrogens is 2. The van der Waals surface area contributed by atoms with Gasteiger partial charge in [0.25, 0.3) is 0 Å². The molecule has 4 aromatic rings. The van der Waals surface area contributed by atoms with Crippen molar-refractivity contribution in [3.63, 3.8) is 0 Å². The lowest BCUT2D eigenvalue weighted by molar-refractivity contribution is -0.159. The highest BCUT2D eigenvalue weighted by molar-refractivity contribution is 5.91. The lowest BCUT2D eigenvalue weighted by Gasteiger charge is -2.36. The van der Waals surface area contributed by atoms with Crippen molar-refractivity contribution < 1.29 is 38.2 Å². The van der Waals surface area contributed by atoms with E-state index in [1.165, 1.54) is 0 Å². The van der Waals surface area contributed by atoms with E-state index in [4.69, 9.17) is 14.2 Å². The molecule has 2 atom stereocenters. The summed E-state index contributed by atoms with van der Waals surface area (Å²) >= 11 is 0. The largest absolute Gasteiger partial charge is 0.458 e. The minimum absolute atomic E-state index is 0.155. The number of unbranched alkanes of at least 4 members (excludes halogenated alkanes) is 1. The lowest BCUT2D eigenvalue weighted by atomic mass is 9.88. The van der Waals surface area contributed by atoms with Crippen molar-refractivity contribution in [3.8, 4) is 0 Å². The molecule has 16 heteroatoms. The van der Waals surface area contributed by atoms with E-state index in [1.807, 2.05) is 81.6 Å². The van der Waals surface area contributed by atoms with Crippen LogP contribution >= 0.6 is 0 Å². The number of nitrogens with one attached hydrogen (secondary N) is 5. The van der Waals surface area contributed by atoms with E-state index in [1.54, 1.807) is 50.6 Å². The summed E-state index contributed by atoms with van der Waals surface area (Å²) in [6.45, 7) is 16.0. The van der Waals surface area contributed by atoms with Gasteiger partial charge in [0.2, 0.25) is 5.91 Å². The molecule has 5 amide bonds. The third-order valence-electron chi connectivity index (χ3n) is 10.2. The summed E-state index contributed by atoms with van der Waals surface area (Å²) in [6.07, 6.45) is 4.23. The average Bonchev–Trinajstić information content (AvgIpc) is 3.87. The number of fused-ring (bicyclic) bond motifs is 1. The Morgan fingerprint density at radius 2 is 1.46 bits per heavy atom. The average molecular weight is 843 g/mol. The van der Waals surface area contributed by atoms with Gasteiger partial charge >= 0.3 is 24.2 Å². The van der Waals surface area contributed by atoms with E-state index in [0.717, 1.165) is 22.0 Å². The van der Waals surface area contributed by atoms with Crippen molar-refractivity contribution in [3.05, 3.63) is 89.6 Å². The number of imidazole rings is 1. The molecule has 1 fully saturated rings. The Labute approximate surface area is 357 Å². The molecule has 0 radical (unpaired) electrons. The molecule has 5 N–H and O–H groups in total. The predicted octanol–water partition coefficient (Wildman–Crippen LogP) is 6.64. The Bertz CT molecular complexity index is 2110. The van der Waals surface area contributed by atoms with Crippen molar-refractivity contribution in [1.82, 2.24) is 40.7 Å². The number of carbonyl (C=O) groups excluding carboxylic acids is 5. The van der Waals surface area contributed by atoms with Gasteiger partial charge in [-0.25, -0.2) is 24.2 Å². The SMILES string of the molecule is CC(C)(C)OC(=O)C(CCCCNC(=O)OCc1ccccc1)NC(=O)C(C)(C)c1cnc(C(Cc2c[nH]c3ccccc23)NC(=O)N2CCN(C(=O)OC(C)(C)C)CC2)[nH]1. The normalized spacial score (nSPS) is 14.5. The van der Waals surface area contributed by atoms with Gasteiger partial charge in [-0.15, -0.1) is 0 Å². The first-order valence-electron chi connectivity index (χ1n) is 20.9. The van der Waals surface area contributed by atoms with Crippen LogP contribution in [0.1, 0.15) is 103 Å². The smallest absolute Gasteiger partial charge is 0.410 e. The Kier molecular flexibility index (Phi) is 15.1. The van der Waals surface area contributed by atoms with Crippen LogP contribution in [0.2, 0.25) is 0 Å². The topological polar surface area (TPSA) is 200 Å². The number of aromatic amines is 2. The number of rotatable bonds is 15. The summed E-state index contributed by atoms with van der Waals surface area (Å²) in [6, 6.07) is 15.4. The first-order valence-corrected chi connectivity index (χ1v) is 20.9. The Morgan fingerprint density at radius 1 is 0.803 bits per heavy atom. The second-order valence-electron chi connectivity index (χ2n) is 17.9. The molecule has 2 aromatic carbocycles. The van der Waals surface area contributed by atoms with E-state index in [9.17, 15) is 24.0 Å². The highest BCUT2D eigenvalue weighted by atomic mass is 16.6. The summed E-state index contributed by atoms with van der Waals surface area (Å²) in [5.74, 6) is -0.549. The van der Waals surface area contributed by atoms with Crippen LogP contribution in [-0.2, 0) is 42.2 Å². The third-order valence-corrected chi connectivity index (χ3v) is 10.2. The van der Waals surface area contributed by atoms with Crippen molar-refractivity contribution in [2.75, 3.05) is 32.7 Å². The molecule has 1 aliphatic rings. The van der Waals surface area contributed by atoms with Gasteiger partial charge in [0.15, 0.2) is 0 Å². The molecule has 1 aliphatic heterocycles. The molecular formula is C45H62N8O8. The first-order chi connectivity index (χ1) is 28.8. The molecule has 5 rings (SSSR count). The highest BCUT2D eigenvalue weighted by Gasteiger charge is 2.37. The zero-order valence-corrected chi connectivity index (χ0v) is 36.7. The van der Waals surface area contributed by atoms with Gasteiger partial charge in [0.1, 0.15) is 29.7 Å². The fraction of sp³-hybridized carbons (Fsp3) is 0.511. The molecule has 0 aliphatic carbocycles. The molecule has 0 bridgehead atoms. The van der Waals surface area contributed by atoms with E-state index < -0.39 is 52.8 Å².